The lowest BCUT2D eigenvalue weighted by molar-refractivity contribution is -0.137. The molecule has 29 heavy (non-hydrogen) atoms. The summed E-state index contributed by atoms with van der Waals surface area (Å²) in [6.45, 7) is 4.58. The number of carbonyl (C=O) groups is 2. The minimum Gasteiger partial charge on any atom is -0.361 e. The van der Waals surface area contributed by atoms with E-state index in [4.69, 9.17) is 4.52 Å². The molecule has 1 aromatic carbocycles. The lowest BCUT2D eigenvalue weighted by Gasteiger charge is -2.34. The van der Waals surface area contributed by atoms with Crippen molar-refractivity contribution >= 4 is 11.8 Å². The van der Waals surface area contributed by atoms with Gasteiger partial charge < -0.3 is 14.7 Å². The van der Waals surface area contributed by atoms with Crippen molar-refractivity contribution in [3.05, 3.63) is 52.9 Å². The van der Waals surface area contributed by atoms with Gasteiger partial charge in [-0.25, -0.2) is 0 Å². The second-order valence-electron chi connectivity index (χ2n) is 6.76. The van der Waals surface area contributed by atoms with Crippen molar-refractivity contribution in [3.8, 4) is 0 Å². The van der Waals surface area contributed by atoms with E-state index in [9.17, 15) is 22.8 Å². The normalized spacial score (nSPS) is 15.4. The van der Waals surface area contributed by atoms with Gasteiger partial charge in [0, 0.05) is 45.3 Å². The van der Waals surface area contributed by atoms with Crippen molar-refractivity contribution in [3.63, 3.8) is 0 Å². The van der Waals surface area contributed by atoms with E-state index >= 15 is 0 Å². The number of nitrogens with zero attached hydrogens (tertiary/aromatic N) is 3. The molecule has 0 atom stereocenters. The summed E-state index contributed by atoms with van der Waals surface area (Å²) in [5.41, 5.74) is -1.07. The molecule has 0 radical (unpaired) electrons. The van der Waals surface area contributed by atoms with Gasteiger partial charge in [-0.3, -0.25) is 14.5 Å². The molecule has 2 amide bonds. The highest BCUT2D eigenvalue weighted by atomic mass is 19.4. The van der Waals surface area contributed by atoms with Crippen molar-refractivity contribution in [1.82, 2.24) is 20.3 Å². The molecule has 2 heterocycles. The van der Waals surface area contributed by atoms with Gasteiger partial charge in [0.2, 0.25) is 0 Å². The van der Waals surface area contributed by atoms with Gasteiger partial charge in [0.1, 0.15) is 5.76 Å². The van der Waals surface area contributed by atoms with Gasteiger partial charge in [-0.1, -0.05) is 17.3 Å². The van der Waals surface area contributed by atoms with E-state index in [0.717, 1.165) is 12.1 Å². The Morgan fingerprint density at radius 3 is 2.48 bits per heavy atom. The number of aromatic nitrogens is 1. The Morgan fingerprint density at radius 2 is 1.86 bits per heavy atom. The number of aryl methyl sites for hydroxylation is 1. The standard InChI is InChI=1S/C19H21F3N4O3/c1-13-12-16(24-29-13)18(28)26-10-8-25(9-11-26)7-6-23-17(27)14-4-2-3-5-15(14)19(20,21)22/h2-5,12H,6-11H2,1H3,(H,23,27). The Morgan fingerprint density at radius 1 is 1.17 bits per heavy atom. The molecule has 0 aliphatic carbocycles. The predicted octanol–water partition coefficient (Wildman–Crippen LogP) is 2.19. The number of alkyl halides is 3. The van der Waals surface area contributed by atoms with Crippen LogP contribution in [0.15, 0.2) is 34.9 Å². The number of rotatable bonds is 5. The number of hydrogen-bond acceptors (Lipinski definition) is 5. The number of piperazine rings is 1. The quantitative estimate of drug-likeness (QED) is 0.818. The molecule has 1 fully saturated rings. The summed E-state index contributed by atoms with van der Waals surface area (Å²) in [5.74, 6) is -0.387. The van der Waals surface area contributed by atoms with Crippen molar-refractivity contribution in [1.29, 1.82) is 0 Å². The molecular formula is C19H21F3N4O3. The van der Waals surface area contributed by atoms with E-state index in [-0.39, 0.29) is 18.1 Å². The number of nitrogens with one attached hydrogen (secondary N) is 1. The largest absolute Gasteiger partial charge is 0.417 e. The van der Waals surface area contributed by atoms with Crippen LogP contribution in [0.3, 0.4) is 0 Å². The SMILES string of the molecule is Cc1cc(C(=O)N2CCN(CCNC(=O)c3ccccc3C(F)(F)F)CC2)no1. The van der Waals surface area contributed by atoms with Crippen molar-refractivity contribution in [2.45, 2.75) is 13.1 Å². The van der Waals surface area contributed by atoms with E-state index in [1.165, 1.54) is 12.1 Å². The Balaban J connectivity index is 1.46. The zero-order valence-corrected chi connectivity index (χ0v) is 15.8. The first kappa shape index (κ1) is 20.8. The van der Waals surface area contributed by atoms with Crippen molar-refractivity contribution < 1.29 is 27.3 Å². The third-order valence-corrected chi connectivity index (χ3v) is 4.70. The number of benzene rings is 1. The van der Waals surface area contributed by atoms with Crippen LogP contribution in [0.1, 0.15) is 32.2 Å². The number of amides is 2. The van der Waals surface area contributed by atoms with Crippen molar-refractivity contribution in [2.75, 3.05) is 39.3 Å². The molecule has 0 saturated carbocycles. The maximum atomic E-state index is 13.0. The van der Waals surface area contributed by atoms with Gasteiger partial charge in [-0.15, -0.1) is 0 Å². The summed E-state index contributed by atoms with van der Waals surface area (Å²) in [6.07, 6.45) is -4.58. The maximum absolute atomic E-state index is 13.0. The molecule has 10 heteroatoms. The molecule has 3 rings (SSSR count). The number of hydrogen-bond donors (Lipinski definition) is 1. The van der Waals surface area contributed by atoms with E-state index in [1.54, 1.807) is 17.9 Å². The van der Waals surface area contributed by atoms with Gasteiger partial charge in [0.05, 0.1) is 11.1 Å². The van der Waals surface area contributed by atoms with Crippen LogP contribution in [-0.2, 0) is 6.18 Å². The van der Waals surface area contributed by atoms with Crippen LogP contribution in [-0.4, -0.2) is 66.0 Å². The fraction of sp³-hybridized carbons (Fsp3) is 0.421. The van der Waals surface area contributed by atoms with E-state index in [1.807, 2.05) is 4.90 Å². The molecule has 2 aromatic rings. The van der Waals surface area contributed by atoms with Gasteiger partial charge in [-0.05, 0) is 19.1 Å². The predicted molar refractivity (Wildman–Crippen MR) is 97.4 cm³/mol. The molecule has 1 aromatic heterocycles. The molecule has 7 nitrogen and oxygen atoms in total. The summed E-state index contributed by atoms with van der Waals surface area (Å²) >= 11 is 0. The number of halogens is 3. The molecule has 156 valence electrons. The van der Waals surface area contributed by atoms with Crippen LogP contribution < -0.4 is 5.32 Å². The highest BCUT2D eigenvalue weighted by Gasteiger charge is 2.34. The Labute approximate surface area is 165 Å². The fourth-order valence-corrected chi connectivity index (χ4v) is 3.15. The Kier molecular flexibility index (Phi) is 6.21. The fourth-order valence-electron chi connectivity index (χ4n) is 3.15. The van der Waals surface area contributed by atoms with Crippen LogP contribution in [0.4, 0.5) is 13.2 Å². The maximum Gasteiger partial charge on any atom is 0.417 e. The van der Waals surface area contributed by atoms with Crippen LogP contribution in [0.2, 0.25) is 0 Å². The molecule has 0 spiro atoms. The first-order valence-corrected chi connectivity index (χ1v) is 9.15. The number of carbonyl (C=O) groups excluding carboxylic acids is 2. The monoisotopic (exact) mass is 410 g/mol. The first-order valence-electron chi connectivity index (χ1n) is 9.15. The Hall–Kier alpha value is -2.88. The van der Waals surface area contributed by atoms with Gasteiger partial charge in [0.25, 0.3) is 11.8 Å². The van der Waals surface area contributed by atoms with E-state index in [0.29, 0.717) is 38.5 Å². The summed E-state index contributed by atoms with van der Waals surface area (Å²) in [6, 6.07) is 6.29. The third-order valence-electron chi connectivity index (χ3n) is 4.70. The molecule has 0 unspecified atom stereocenters. The molecular weight excluding hydrogens is 389 g/mol. The minimum atomic E-state index is -4.58. The van der Waals surface area contributed by atoms with Crippen LogP contribution >= 0.6 is 0 Å². The molecule has 1 aliphatic heterocycles. The zero-order valence-electron chi connectivity index (χ0n) is 15.8. The summed E-state index contributed by atoms with van der Waals surface area (Å²) in [4.78, 5) is 28.2. The summed E-state index contributed by atoms with van der Waals surface area (Å²) in [5, 5.41) is 6.26. The van der Waals surface area contributed by atoms with E-state index in [2.05, 4.69) is 10.5 Å². The van der Waals surface area contributed by atoms with Crippen LogP contribution in [0, 0.1) is 6.92 Å². The minimum absolute atomic E-state index is 0.196. The molecule has 1 N–H and O–H groups in total. The average molecular weight is 410 g/mol. The zero-order chi connectivity index (χ0) is 21.0. The van der Waals surface area contributed by atoms with Gasteiger partial charge >= 0.3 is 6.18 Å². The van der Waals surface area contributed by atoms with Crippen LogP contribution in [0.5, 0.6) is 0 Å². The highest BCUT2D eigenvalue weighted by molar-refractivity contribution is 5.95. The van der Waals surface area contributed by atoms with Gasteiger partial charge in [-0.2, -0.15) is 13.2 Å². The van der Waals surface area contributed by atoms with Crippen LogP contribution in [0.25, 0.3) is 0 Å². The lowest BCUT2D eigenvalue weighted by atomic mass is 10.1. The van der Waals surface area contributed by atoms with E-state index < -0.39 is 23.2 Å². The van der Waals surface area contributed by atoms with Crippen molar-refractivity contribution in [2.24, 2.45) is 0 Å². The molecule has 0 bridgehead atoms. The Bertz CT molecular complexity index is 874. The average Bonchev–Trinajstić information content (AvgIpc) is 3.13. The topological polar surface area (TPSA) is 78.7 Å². The lowest BCUT2D eigenvalue weighted by Crippen LogP contribution is -2.50. The second-order valence-corrected chi connectivity index (χ2v) is 6.76. The molecule has 1 saturated heterocycles. The summed E-state index contributed by atoms with van der Waals surface area (Å²) in [7, 11) is 0. The third kappa shape index (κ3) is 5.14. The smallest absolute Gasteiger partial charge is 0.361 e. The summed E-state index contributed by atoms with van der Waals surface area (Å²) < 4.78 is 44.0. The first-order chi connectivity index (χ1) is 13.8. The molecule has 1 aliphatic rings. The van der Waals surface area contributed by atoms with Gasteiger partial charge in [0.15, 0.2) is 5.69 Å². The second kappa shape index (κ2) is 8.64. The highest BCUT2D eigenvalue weighted by Crippen LogP contribution is 2.31.